The summed E-state index contributed by atoms with van der Waals surface area (Å²) in [5, 5.41) is 12.0. The highest BCUT2D eigenvalue weighted by Crippen LogP contribution is 2.07. The molecular weight excluding hydrogens is 202 g/mol. The molecule has 0 unspecified atom stereocenters. The van der Waals surface area contributed by atoms with Crippen LogP contribution in [0.2, 0.25) is 0 Å². The van der Waals surface area contributed by atoms with Crippen molar-refractivity contribution in [2.45, 2.75) is 33.1 Å². The second kappa shape index (κ2) is 7.63. The molecule has 0 bridgehead atoms. The number of hydrogen-bond acceptors (Lipinski definition) is 4. The first-order valence-corrected chi connectivity index (χ1v) is 6.44. The van der Waals surface area contributed by atoms with E-state index < -0.39 is 0 Å². The van der Waals surface area contributed by atoms with Crippen molar-refractivity contribution in [3.63, 3.8) is 0 Å². The lowest BCUT2D eigenvalue weighted by atomic mass is 10.1. The van der Waals surface area contributed by atoms with Gasteiger partial charge < -0.3 is 15.0 Å². The van der Waals surface area contributed by atoms with Crippen LogP contribution in [-0.2, 0) is 0 Å². The van der Waals surface area contributed by atoms with Crippen LogP contribution in [0.5, 0.6) is 0 Å². The van der Waals surface area contributed by atoms with Crippen molar-refractivity contribution < 1.29 is 5.21 Å². The van der Waals surface area contributed by atoms with E-state index in [1.165, 1.54) is 19.5 Å². The minimum Gasteiger partial charge on any atom is -0.411 e. The van der Waals surface area contributed by atoms with Crippen LogP contribution in [0.25, 0.3) is 0 Å². The second-order valence-electron chi connectivity index (χ2n) is 4.39. The van der Waals surface area contributed by atoms with Gasteiger partial charge in [0.1, 0.15) is 0 Å². The molecule has 0 saturated carbocycles. The monoisotopic (exact) mass is 227 g/mol. The van der Waals surface area contributed by atoms with Gasteiger partial charge >= 0.3 is 0 Å². The Bertz CT molecular complexity index is 204. The zero-order valence-corrected chi connectivity index (χ0v) is 10.7. The number of hydrogen-bond donors (Lipinski definition) is 1. The minimum absolute atomic E-state index is 0.932. The highest BCUT2D eigenvalue weighted by Gasteiger charge is 2.14. The standard InChI is InChI=1S/C12H25N3O/c1-3-14(4-2)8-5-9-15-10-6-12(13-16)7-11-15/h16H,3-11H2,1-2H3. The smallest absolute Gasteiger partial charge is 0.0596 e. The van der Waals surface area contributed by atoms with Gasteiger partial charge in [0.25, 0.3) is 0 Å². The third-order valence-corrected chi connectivity index (χ3v) is 3.42. The van der Waals surface area contributed by atoms with Gasteiger partial charge in [0, 0.05) is 25.9 Å². The topological polar surface area (TPSA) is 39.1 Å². The molecule has 1 aliphatic heterocycles. The van der Waals surface area contributed by atoms with Crippen LogP contribution < -0.4 is 0 Å². The highest BCUT2D eigenvalue weighted by atomic mass is 16.4. The molecule has 4 nitrogen and oxygen atoms in total. The maximum Gasteiger partial charge on any atom is 0.0596 e. The first-order chi connectivity index (χ1) is 7.80. The Morgan fingerprint density at radius 1 is 1.25 bits per heavy atom. The van der Waals surface area contributed by atoms with Crippen LogP contribution in [0.3, 0.4) is 0 Å². The molecule has 1 rings (SSSR count). The highest BCUT2D eigenvalue weighted by molar-refractivity contribution is 5.84. The quantitative estimate of drug-likeness (QED) is 0.554. The molecule has 1 N–H and O–H groups in total. The predicted molar refractivity (Wildman–Crippen MR) is 67.3 cm³/mol. The molecule has 0 aliphatic carbocycles. The minimum atomic E-state index is 0.932. The molecule has 0 aromatic carbocycles. The first-order valence-electron chi connectivity index (χ1n) is 6.44. The zero-order chi connectivity index (χ0) is 11.8. The summed E-state index contributed by atoms with van der Waals surface area (Å²) < 4.78 is 0. The maximum atomic E-state index is 8.65. The zero-order valence-electron chi connectivity index (χ0n) is 10.7. The first kappa shape index (κ1) is 13.5. The van der Waals surface area contributed by atoms with E-state index in [0.717, 1.165) is 44.7 Å². The van der Waals surface area contributed by atoms with Crippen LogP contribution in [-0.4, -0.2) is 60.0 Å². The summed E-state index contributed by atoms with van der Waals surface area (Å²) >= 11 is 0. The summed E-state index contributed by atoms with van der Waals surface area (Å²) in [6.45, 7) is 11.2. The molecule has 0 amide bonds. The number of rotatable bonds is 6. The van der Waals surface area contributed by atoms with Gasteiger partial charge in [-0.15, -0.1) is 0 Å². The third-order valence-electron chi connectivity index (χ3n) is 3.42. The predicted octanol–water partition coefficient (Wildman–Crippen LogP) is 1.64. The molecule has 0 aromatic rings. The van der Waals surface area contributed by atoms with Crippen LogP contribution in [0.1, 0.15) is 33.1 Å². The Morgan fingerprint density at radius 2 is 1.88 bits per heavy atom. The van der Waals surface area contributed by atoms with Crippen LogP contribution in [0.15, 0.2) is 5.16 Å². The van der Waals surface area contributed by atoms with E-state index >= 15 is 0 Å². The normalized spacial score (nSPS) is 18.1. The molecule has 1 saturated heterocycles. The lowest BCUT2D eigenvalue weighted by molar-refractivity contribution is 0.232. The number of piperidine rings is 1. The van der Waals surface area contributed by atoms with E-state index in [4.69, 9.17) is 5.21 Å². The van der Waals surface area contributed by atoms with Gasteiger partial charge in [-0.25, -0.2) is 0 Å². The molecular formula is C12H25N3O. The molecule has 1 fully saturated rings. The molecule has 0 aromatic heterocycles. The van der Waals surface area contributed by atoms with Gasteiger partial charge in [-0.3, -0.25) is 0 Å². The van der Waals surface area contributed by atoms with Gasteiger partial charge in [0.2, 0.25) is 0 Å². The van der Waals surface area contributed by atoms with E-state index in [9.17, 15) is 0 Å². The van der Waals surface area contributed by atoms with Gasteiger partial charge in [-0.1, -0.05) is 19.0 Å². The Kier molecular flexibility index (Phi) is 6.42. The summed E-state index contributed by atoms with van der Waals surface area (Å²) in [5.74, 6) is 0. The van der Waals surface area contributed by atoms with Crippen molar-refractivity contribution in [1.82, 2.24) is 9.80 Å². The van der Waals surface area contributed by atoms with Crippen molar-refractivity contribution in [2.24, 2.45) is 5.16 Å². The molecule has 1 aliphatic rings. The number of likely N-dealkylation sites (tertiary alicyclic amines) is 1. The van der Waals surface area contributed by atoms with E-state index in [-0.39, 0.29) is 0 Å². The van der Waals surface area contributed by atoms with Crippen molar-refractivity contribution >= 4 is 5.71 Å². The average Bonchev–Trinajstić information content (AvgIpc) is 2.35. The summed E-state index contributed by atoms with van der Waals surface area (Å²) in [5.41, 5.74) is 0.958. The van der Waals surface area contributed by atoms with E-state index in [1.54, 1.807) is 0 Å². The molecule has 4 heteroatoms. The summed E-state index contributed by atoms with van der Waals surface area (Å²) in [4.78, 5) is 4.93. The summed E-state index contributed by atoms with van der Waals surface area (Å²) in [6, 6.07) is 0. The lowest BCUT2D eigenvalue weighted by Crippen LogP contribution is -2.36. The summed E-state index contributed by atoms with van der Waals surface area (Å²) in [6.07, 6.45) is 3.11. The maximum absolute atomic E-state index is 8.65. The molecule has 0 radical (unpaired) electrons. The fourth-order valence-electron chi connectivity index (χ4n) is 2.19. The molecule has 0 spiro atoms. The Labute approximate surface area is 98.9 Å². The fourth-order valence-corrected chi connectivity index (χ4v) is 2.19. The van der Waals surface area contributed by atoms with Crippen molar-refractivity contribution in [3.8, 4) is 0 Å². The fraction of sp³-hybridized carbons (Fsp3) is 0.917. The summed E-state index contributed by atoms with van der Waals surface area (Å²) in [7, 11) is 0. The molecule has 94 valence electrons. The van der Waals surface area contributed by atoms with E-state index in [1.807, 2.05) is 0 Å². The Balaban J connectivity index is 2.10. The Morgan fingerprint density at radius 3 is 2.38 bits per heavy atom. The van der Waals surface area contributed by atoms with Gasteiger partial charge in [0.05, 0.1) is 5.71 Å². The van der Waals surface area contributed by atoms with Crippen LogP contribution in [0.4, 0.5) is 0 Å². The lowest BCUT2D eigenvalue weighted by Gasteiger charge is -2.28. The third kappa shape index (κ3) is 4.49. The molecule has 1 heterocycles. The van der Waals surface area contributed by atoms with Crippen LogP contribution >= 0.6 is 0 Å². The van der Waals surface area contributed by atoms with Gasteiger partial charge in [-0.2, -0.15) is 0 Å². The SMILES string of the molecule is CCN(CC)CCCN1CCC(=NO)CC1. The van der Waals surface area contributed by atoms with E-state index in [0.29, 0.717) is 0 Å². The molecule has 16 heavy (non-hydrogen) atoms. The van der Waals surface area contributed by atoms with Crippen molar-refractivity contribution in [2.75, 3.05) is 39.3 Å². The van der Waals surface area contributed by atoms with Gasteiger partial charge in [0.15, 0.2) is 0 Å². The number of oxime groups is 1. The number of nitrogens with zero attached hydrogens (tertiary/aromatic N) is 3. The average molecular weight is 227 g/mol. The largest absolute Gasteiger partial charge is 0.411 e. The Hall–Kier alpha value is -0.610. The van der Waals surface area contributed by atoms with Crippen molar-refractivity contribution in [1.29, 1.82) is 0 Å². The molecule has 0 atom stereocenters. The second-order valence-corrected chi connectivity index (χ2v) is 4.39. The van der Waals surface area contributed by atoms with Gasteiger partial charge in [-0.05, 0) is 32.6 Å². The van der Waals surface area contributed by atoms with E-state index in [2.05, 4.69) is 28.8 Å². The van der Waals surface area contributed by atoms with Crippen LogP contribution in [0, 0.1) is 0 Å². The van der Waals surface area contributed by atoms with Crippen molar-refractivity contribution in [3.05, 3.63) is 0 Å².